The van der Waals surface area contributed by atoms with Gasteiger partial charge in [0, 0.05) is 31.9 Å². The van der Waals surface area contributed by atoms with E-state index < -0.39 is 39.2 Å². The number of hydrogen-bond acceptors (Lipinski definition) is 5. The number of nitrogens with zero attached hydrogens (tertiary/aromatic N) is 4. The van der Waals surface area contributed by atoms with E-state index in [4.69, 9.17) is 0 Å². The van der Waals surface area contributed by atoms with Gasteiger partial charge in [-0.2, -0.15) is 4.31 Å². The van der Waals surface area contributed by atoms with Gasteiger partial charge >= 0.3 is 6.36 Å². The summed E-state index contributed by atoms with van der Waals surface area (Å²) < 4.78 is 88.8. The molecular formula is C25H28F4N4O3S. The molecule has 2 atom stereocenters. The van der Waals surface area contributed by atoms with Gasteiger partial charge in [0.15, 0.2) is 0 Å². The van der Waals surface area contributed by atoms with E-state index in [1.54, 1.807) is 43.9 Å². The van der Waals surface area contributed by atoms with Crippen molar-refractivity contribution in [1.29, 1.82) is 0 Å². The normalized spacial score (nSPS) is 19.7. The first kappa shape index (κ1) is 28.3. The van der Waals surface area contributed by atoms with Gasteiger partial charge in [-0.15, -0.1) is 13.2 Å². The van der Waals surface area contributed by atoms with Crippen LogP contribution in [0.5, 0.6) is 5.75 Å². The highest BCUT2D eigenvalue weighted by Gasteiger charge is 2.46. The summed E-state index contributed by atoms with van der Waals surface area (Å²) in [5, 5.41) is 0. The van der Waals surface area contributed by atoms with Gasteiger partial charge in [0.2, 0.25) is 10.0 Å². The number of fused-ring (bicyclic) bond motifs is 1. The lowest BCUT2D eigenvalue weighted by molar-refractivity contribution is -0.275. The van der Waals surface area contributed by atoms with Crippen molar-refractivity contribution in [3.8, 4) is 5.75 Å². The minimum absolute atomic E-state index is 0.0640. The zero-order valence-electron chi connectivity index (χ0n) is 20.8. The van der Waals surface area contributed by atoms with Gasteiger partial charge < -0.3 is 9.64 Å². The second kappa shape index (κ2) is 11.4. The summed E-state index contributed by atoms with van der Waals surface area (Å²) in [6, 6.07) is 6.11. The van der Waals surface area contributed by atoms with Crippen LogP contribution in [-0.2, 0) is 16.6 Å². The molecule has 200 valence electrons. The Morgan fingerprint density at radius 1 is 1.24 bits per heavy atom. The van der Waals surface area contributed by atoms with Crippen LogP contribution in [0.25, 0.3) is 0 Å². The number of aliphatic imine (C=N–C) groups is 1. The first-order chi connectivity index (χ1) is 17.5. The van der Waals surface area contributed by atoms with Crippen molar-refractivity contribution in [3.05, 3.63) is 72.0 Å². The zero-order valence-corrected chi connectivity index (χ0v) is 21.6. The standard InChI is InChI=1S/C25H28F4N4O3S/c1-5-11-17(6-2)21(26)22-24(30-4)32(7-3)23-18(12-10-15-31-23)16-33(22)37(34,35)20-14-9-8-13-19(20)36-25(27,28)29/h5-6,8-15,21-22H,7,16H2,1-4H3. The number of anilines is 1. The lowest BCUT2D eigenvalue weighted by Gasteiger charge is -2.35. The van der Waals surface area contributed by atoms with E-state index in [2.05, 4.69) is 14.7 Å². The van der Waals surface area contributed by atoms with Crippen molar-refractivity contribution in [2.24, 2.45) is 4.99 Å². The second-order valence-corrected chi connectivity index (χ2v) is 9.85. The molecule has 12 heteroatoms. The van der Waals surface area contributed by atoms with Crippen LogP contribution in [0.2, 0.25) is 0 Å². The minimum atomic E-state index is -5.14. The summed E-state index contributed by atoms with van der Waals surface area (Å²) in [7, 11) is -3.37. The number of pyridine rings is 1. The van der Waals surface area contributed by atoms with Crippen LogP contribution < -0.4 is 9.64 Å². The van der Waals surface area contributed by atoms with Gasteiger partial charge in [-0.1, -0.05) is 36.4 Å². The Bertz CT molecular complexity index is 1310. The number of hydrogen-bond donors (Lipinski definition) is 0. The van der Waals surface area contributed by atoms with Crippen molar-refractivity contribution in [2.75, 3.05) is 18.5 Å². The molecule has 0 bridgehead atoms. The number of sulfonamides is 1. The Labute approximate surface area is 213 Å². The molecule has 37 heavy (non-hydrogen) atoms. The van der Waals surface area contributed by atoms with Crippen LogP contribution >= 0.6 is 0 Å². The first-order valence-electron chi connectivity index (χ1n) is 11.5. The maximum atomic E-state index is 16.4. The van der Waals surface area contributed by atoms with E-state index >= 15 is 4.39 Å². The monoisotopic (exact) mass is 540 g/mol. The lowest BCUT2D eigenvalue weighted by atomic mass is 10.0. The number of aromatic nitrogens is 1. The van der Waals surface area contributed by atoms with Crippen molar-refractivity contribution in [3.63, 3.8) is 0 Å². The Hall–Kier alpha value is -3.25. The van der Waals surface area contributed by atoms with Crippen molar-refractivity contribution < 1.29 is 30.7 Å². The molecule has 0 amide bonds. The predicted octanol–water partition coefficient (Wildman–Crippen LogP) is 5.27. The molecule has 0 fully saturated rings. The van der Waals surface area contributed by atoms with Crippen LogP contribution in [0, 0.1) is 0 Å². The molecule has 1 aliphatic rings. The third-order valence-electron chi connectivity index (χ3n) is 5.80. The molecule has 0 spiro atoms. The van der Waals surface area contributed by atoms with Gasteiger partial charge in [0.25, 0.3) is 0 Å². The third kappa shape index (κ3) is 5.85. The molecule has 1 aromatic carbocycles. The number of para-hydroxylation sites is 1. The summed E-state index contributed by atoms with van der Waals surface area (Å²) in [5.74, 6) is -0.468. The quantitative estimate of drug-likeness (QED) is 0.354. The summed E-state index contributed by atoms with van der Waals surface area (Å²) in [5.41, 5.74) is 0.620. The Morgan fingerprint density at radius 3 is 2.54 bits per heavy atom. The summed E-state index contributed by atoms with van der Waals surface area (Å²) in [6.07, 6.45) is -0.895. The molecule has 7 nitrogen and oxygen atoms in total. The third-order valence-corrected chi connectivity index (χ3v) is 7.66. The number of alkyl halides is 4. The van der Waals surface area contributed by atoms with E-state index in [0.29, 0.717) is 11.4 Å². The van der Waals surface area contributed by atoms with Crippen molar-refractivity contribution in [2.45, 2.75) is 50.8 Å². The van der Waals surface area contributed by atoms with Crippen LogP contribution in [0.15, 0.2) is 76.3 Å². The highest BCUT2D eigenvalue weighted by atomic mass is 32.2. The number of allylic oxidation sites excluding steroid dienone is 3. The van der Waals surface area contributed by atoms with Crippen LogP contribution in [0.1, 0.15) is 26.3 Å². The molecule has 0 saturated carbocycles. The molecule has 1 aromatic heterocycles. The van der Waals surface area contributed by atoms with Gasteiger partial charge in [0.05, 0.1) is 0 Å². The maximum Gasteiger partial charge on any atom is 0.573 e. The Balaban J connectivity index is 2.32. The van der Waals surface area contributed by atoms with E-state index in [1.807, 2.05) is 0 Å². The van der Waals surface area contributed by atoms with Gasteiger partial charge in [-0.3, -0.25) is 4.99 Å². The van der Waals surface area contributed by atoms with Crippen molar-refractivity contribution >= 4 is 21.7 Å². The average Bonchev–Trinajstić information content (AvgIpc) is 3.00. The molecule has 1 aliphatic heterocycles. The van der Waals surface area contributed by atoms with Crippen LogP contribution in [0.4, 0.5) is 23.4 Å². The largest absolute Gasteiger partial charge is 0.573 e. The number of amidine groups is 1. The molecule has 2 aromatic rings. The number of rotatable bonds is 7. The summed E-state index contributed by atoms with van der Waals surface area (Å²) >= 11 is 0. The van der Waals surface area contributed by atoms with Crippen LogP contribution in [0.3, 0.4) is 0 Å². The molecule has 0 N–H and O–H groups in total. The van der Waals surface area contributed by atoms with E-state index in [1.165, 1.54) is 37.5 Å². The molecule has 0 radical (unpaired) electrons. The fourth-order valence-electron chi connectivity index (χ4n) is 4.26. The molecular weight excluding hydrogens is 512 g/mol. The Kier molecular flexibility index (Phi) is 8.75. The summed E-state index contributed by atoms with van der Waals surface area (Å²) in [4.78, 5) is 9.52. The van der Waals surface area contributed by atoms with E-state index in [0.717, 1.165) is 16.4 Å². The SMILES string of the molecule is CC=CC(=CC)C(F)C1C(=NC)N(CC)c2ncccc2CN1S(=O)(=O)c1ccccc1OC(F)(F)F. The first-order valence-corrected chi connectivity index (χ1v) is 12.9. The molecule has 2 unspecified atom stereocenters. The summed E-state index contributed by atoms with van der Waals surface area (Å²) in [6.45, 7) is 5.01. The molecule has 2 heterocycles. The van der Waals surface area contributed by atoms with E-state index in [9.17, 15) is 21.6 Å². The predicted molar refractivity (Wildman–Crippen MR) is 134 cm³/mol. The van der Waals surface area contributed by atoms with Crippen LogP contribution in [-0.4, -0.2) is 55.7 Å². The average molecular weight is 541 g/mol. The topological polar surface area (TPSA) is 75.1 Å². The molecule has 0 aliphatic carbocycles. The smallest absolute Gasteiger partial charge is 0.404 e. The minimum Gasteiger partial charge on any atom is -0.404 e. The number of likely N-dealkylation sites (N-methyl/N-ethyl adjacent to an activating group) is 1. The Morgan fingerprint density at radius 2 is 1.95 bits per heavy atom. The van der Waals surface area contributed by atoms with Gasteiger partial charge in [0.1, 0.15) is 34.5 Å². The highest BCUT2D eigenvalue weighted by Crippen LogP contribution is 2.37. The fourth-order valence-corrected chi connectivity index (χ4v) is 5.93. The zero-order chi connectivity index (χ0) is 27.4. The van der Waals surface area contributed by atoms with Crippen molar-refractivity contribution in [1.82, 2.24) is 9.29 Å². The van der Waals surface area contributed by atoms with E-state index in [-0.39, 0.29) is 24.5 Å². The molecule has 0 saturated heterocycles. The molecule has 3 rings (SSSR count). The second-order valence-electron chi connectivity index (χ2n) is 7.99. The van der Waals surface area contributed by atoms with Gasteiger partial charge in [-0.25, -0.2) is 17.8 Å². The van der Waals surface area contributed by atoms with Gasteiger partial charge in [-0.05, 0) is 44.5 Å². The lowest BCUT2D eigenvalue weighted by Crippen LogP contribution is -2.54. The fraction of sp³-hybridized carbons (Fsp3) is 0.360. The number of ether oxygens (including phenoxy) is 1. The number of benzene rings is 1. The number of halogens is 4. The maximum absolute atomic E-state index is 16.4. The highest BCUT2D eigenvalue weighted by molar-refractivity contribution is 7.89.